The number of amides is 1. The van der Waals surface area contributed by atoms with E-state index in [0.29, 0.717) is 5.56 Å². The van der Waals surface area contributed by atoms with Crippen LogP contribution in [0.1, 0.15) is 11.1 Å². The van der Waals surface area contributed by atoms with Gasteiger partial charge in [0.25, 0.3) is 5.88 Å². The summed E-state index contributed by atoms with van der Waals surface area (Å²) < 4.78 is 9.83. The number of carbonyl (C=O) groups excluding carboxylic acids is 1. The largest absolute Gasteiger partial charge is 0.476 e. The second kappa shape index (κ2) is 8.88. The van der Waals surface area contributed by atoms with E-state index in [1.165, 1.54) is 19.4 Å². The van der Waals surface area contributed by atoms with E-state index in [1.54, 1.807) is 0 Å². The third kappa shape index (κ3) is 5.51. The molecule has 1 aromatic carbocycles. The summed E-state index contributed by atoms with van der Waals surface area (Å²) in [5, 5.41) is 13.4. The average Bonchev–Trinajstić information content (AvgIpc) is 2.64. The lowest BCUT2D eigenvalue weighted by molar-refractivity contribution is -0.386. The maximum atomic E-state index is 11.5. The molecule has 0 aliphatic heterocycles. The third-order valence-corrected chi connectivity index (χ3v) is 2.99. The van der Waals surface area contributed by atoms with Crippen molar-refractivity contribution in [2.24, 2.45) is 0 Å². The van der Waals surface area contributed by atoms with E-state index in [4.69, 9.17) is 9.47 Å². The summed E-state index contributed by atoms with van der Waals surface area (Å²) in [6.07, 6.45) is 0.754. The number of pyridine rings is 1. The fourth-order valence-electron chi connectivity index (χ4n) is 1.83. The number of nitrogens with zero attached hydrogens (tertiary/aromatic N) is 2. The number of nitro groups is 1. The van der Waals surface area contributed by atoms with Crippen molar-refractivity contribution in [3.05, 3.63) is 63.8 Å². The Kier molecular flexibility index (Phi) is 6.31. The van der Waals surface area contributed by atoms with Crippen molar-refractivity contribution in [3.63, 3.8) is 0 Å². The van der Waals surface area contributed by atoms with Crippen LogP contribution in [0.5, 0.6) is 5.88 Å². The molecule has 0 bridgehead atoms. The van der Waals surface area contributed by atoms with Crippen LogP contribution in [-0.4, -0.2) is 29.7 Å². The number of carbonyl (C=O) groups is 1. The molecule has 0 unspecified atom stereocenters. The molecule has 0 aliphatic rings. The van der Waals surface area contributed by atoms with Crippen molar-refractivity contribution >= 4 is 11.8 Å². The fourth-order valence-corrected chi connectivity index (χ4v) is 1.83. The minimum atomic E-state index is -0.601. The van der Waals surface area contributed by atoms with E-state index in [0.717, 1.165) is 5.56 Å². The molecule has 0 atom stereocenters. The molecule has 1 aromatic heterocycles. The Morgan fingerprint density at radius 2 is 2.12 bits per heavy atom. The second-order valence-electron chi connectivity index (χ2n) is 4.73. The van der Waals surface area contributed by atoms with Gasteiger partial charge in [0.2, 0.25) is 0 Å². The molecule has 0 saturated heterocycles. The van der Waals surface area contributed by atoms with Gasteiger partial charge in [-0.3, -0.25) is 10.1 Å². The van der Waals surface area contributed by atoms with Crippen molar-refractivity contribution in [1.29, 1.82) is 0 Å². The SMILES string of the molecule is COc1ncc(C#CCNC(=O)OCc2ccccc2)cc1[N+](=O)[O-]. The number of nitrogens with one attached hydrogen (secondary N) is 1. The van der Waals surface area contributed by atoms with Crippen LogP contribution in [0.2, 0.25) is 0 Å². The molecule has 1 amide bonds. The van der Waals surface area contributed by atoms with Gasteiger partial charge in [0.1, 0.15) is 6.61 Å². The van der Waals surface area contributed by atoms with Gasteiger partial charge >= 0.3 is 11.8 Å². The van der Waals surface area contributed by atoms with Crippen LogP contribution in [0.15, 0.2) is 42.6 Å². The van der Waals surface area contributed by atoms with E-state index >= 15 is 0 Å². The van der Waals surface area contributed by atoms with Gasteiger partial charge in [0, 0.05) is 12.3 Å². The van der Waals surface area contributed by atoms with Gasteiger partial charge in [-0.2, -0.15) is 0 Å². The Morgan fingerprint density at radius 3 is 2.80 bits per heavy atom. The average molecular weight is 341 g/mol. The van der Waals surface area contributed by atoms with Gasteiger partial charge in [-0.25, -0.2) is 9.78 Å². The minimum absolute atomic E-state index is 0.0352. The van der Waals surface area contributed by atoms with Crippen molar-refractivity contribution in [1.82, 2.24) is 10.3 Å². The van der Waals surface area contributed by atoms with Gasteiger partial charge in [-0.05, 0) is 5.56 Å². The quantitative estimate of drug-likeness (QED) is 0.508. The number of alkyl carbamates (subject to hydrolysis) is 1. The van der Waals surface area contributed by atoms with Gasteiger partial charge in [0.05, 0.1) is 24.1 Å². The Hall–Kier alpha value is -3.60. The normalized spacial score (nSPS) is 9.48. The lowest BCUT2D eigenvalue weighted by Crippen LogP contribution is -2.24. The maximum absolute atomic E-state index is 11.5. The van der Waals surface area contributed by atoms with E-state index in [1.807, 2.05) is 30.3 Å². The van der Waals surface area contributed by atoms with E-state index < -0.39 is 11.0 Å². The van der Waals surface area contributed by atoms with E-state index in [2.05, 4.69) is 22.1 Å². The van der Waals surface area contributed by atoms with Gasteiger partial charge in [-0.1, -0.05) is 42.2 Å². The molecular weight excluding hydrogens is 326 g/mol. The number of ether oxygens (including phenoxy) is 2. The summed E-state index contributed by atoms with van der Waals surface area (Å²) in [6.45, 7) is 0.197. The summed E-state index contributed by atoms with van der Waals surface area (Å²) >= 11 is 0. The smallest absolute Gasteiger partial charge is 0.408 e. The van der Waals surface area contributed by atoms with Gasteiger partial charge in [-0.15, -0.1) is 0 Å². The first kappa shape index (κ1) is 17.7. The highest BCUT2D eigenvalue weighted by Gasteiger charge is 2.16. The fraction of sp³-hybridized carbons (Fsp3) is 0.176. The lowest BCUT2D eigenvalue weighted by atomic mass is 10.2. The first-order chi connectivity index (χ1) is 12.1. The molecule has 8 nitrogen and oxygen atoms in total. The van der Waals surface area contributed by atoms with Crippen LogP contribution >= 0.6 is 0 Å². The number of rotatable bonds is 5. The minimum Gasteiger partial charge on any atom is -0.476 e. The van der Waals surface area contributed by atoms with Crippen LogP contribution in [0, 0.1) is 22.0 Å². The molecule has 1 heterocycles. The van der Waals surface area contributed by atoms with Gasteiger partial charge in [0.15, 0.2) is 0 Å². The summed E-state index contributed by atoms with van der Waals surface area (Å²) in [5.41, 5.74) is 0.942. The first-order valence-electron chi connectivity index (χ1n) is 7.22. The number of aromatic nitrogens is 1. The molecule has 0 aliphatic carbocycles. The molecule has 0 fully saturated rings. The summed E-state index contributed by atoms with van der Waals surface area (Å²) in [7, 11) is 1.30. The molecule has 25 heavy (non-hydrogen) atoms. The predicted molar refractivity (Wildman–Crippen MR) is 89.0 cm³/mol. The highest BCUT2D eigenvalue weighted by Crippen LogP contribution is 2.23. The molecule has 0 saturated carbocycles. The van der Waals surface area contributed by atoms with Crippen LogP contribution in [0.25, 0.3) is 0 Å². The molecule has 1 N–H and O–H groups in total. The van der Waals surface area contributed by atoms with E-state index in [9.17, 15) is 14.9 Å². The summed E-state index contributed by atoms with van der Waals surface area (Å²) in [5.74, 6) is 5.26. The van der Waals surface area contributed by atoms with Gasteiger partial charge < -0.3 is 14.8 Å². The molecule has 8 heteroatoms. The van der Waals surface area contributed by atoms with Crippen LogP contribution in [0.3, 0.4) is 0 Å². The molecule has 128 valence electrons. The Bertz CT molecular complexity index is 812. The van der Waals surface area contributed by atoms with Crippen LogP contribution in [-0.2, 0) is 11.3 Å². The van der Waals surface area contributed by atoms with Crippen molar-refractivity contribution < 1.29 is 19.2 Å². The number of benzene rings is 1. The predicted octanol–water partition coefficient (Wildman–Crippen LogP) is 2.28. The van der Waals surface area contributed by atoms with Crippen LogP contribution < -0.4 is 10.1 Å². The molecule has 0 spiro atoms. The molecule has 0 radical (unpaired) electrons. The van der Waals surface area contributed by atoms with Crippen molar-refractivity contribution in [3.8, 4) is 17.7 Å². The second-order valence-corrected chi connectivity index (χ2v) is 4.73. The zero-order chi connectivity index (χ0) is 18.1. The Balaban J connectivity index is 1.85. The number of methoxy groups -OCH3 is 1. The highest BCUT2D eigenvalue weighted by atomic mass is 16.6. The number of hydrogen-bond donors (Lipinski definition) is 1. The third-order valence-electron chi connectivity index (χ3n) is 2.99. The first-order valence-corrected chi connectivity index (χ1v) is 7.22. The Morgan fingerprint density at radius 1 is 1.36 bits per heavy atom. The summed E-state index contributed by atoms with van der Waals surface area (Å²) in [4.78, 5) is 25.7. The van der Waals surface area contributed by atoms with E-state index in [-0.39, 0.29) is 24.7 Å². The van der Waals surface area contributed by atoms with Crippen molar-refractivity contribution in [2.75, 3.05) is 13.7 Å². The maximum Gasteiger partial charge on any atom is 0.408 e. The topological polar surface area (TPSA) is 104 Å². The highest BCUT2D eigenvalue weighted by molar-refractivity contribution is 5.67. The number of hydrogen-bond acceptors (Lipinski definition) is 6. The van der Waals surface area contributed by atoms with Crippen LogP contribution in [0.4, 0.5) is 10.5 Å². The standard InChI is InChI=1S/C17H15N3O5/c1-24-16-15(20(22)23)10-14(11-19-16)8-5-9-18-17(21)25-12-13-6-3-2-4-7-13/h2-4,6-7,10-11H,9,12H2,1H3,(H,18,21). The molecule has 2 rings (SSSR count). The molecular formula is C17H15N3O5. The monoisotopic (exact) mass is 341 g/mol. The lowest BCUT2D eigenvalue weighted by Gasteiger charge is -2.04. The Labute approximate surface area is 143 Å². The summed E-state index contributed by atoms with van der Waals surface area (Å²) in [6, 6.07) is 10.5. The van der Waals surface area contributed by atoms with Crippen molar-refractivity contribution in [2.45, 2.75) is 6.61 Å². The zero-order valence-corrected chi connectivity index (χ0v) is 13.4. The molecule has 2 aromatic rings. The zero-order valence-electron chi connectivity index (χ0n) is 13.4.